The highest BCUT2D eigenvalue weighted by atomic mass is 79.9. The molecule has 16 heavy (non-hydrogen) atoms. The van der Waals surface area contributed by atoms with Crippen LogP contribution in [0.3, 0.4) is 0 Å². The lowest BCUT2D eigenvalue weighted by Gasteiger charge is -2.10. The van der Waals surface area contributed by atoms with Crippen LogP contribution in [0.25, 0.3) is 11.1 Å². The molecule has 0 spiro atoms. The first-order valence-electron chi connectivity index (χ1n) is 4.68. The van der Waals surface area contributed by atoms with Crippen molar-refractivity contribution >= 4 is 21.8 Å². The quantitative estimate of drug-likeness (QED) is 0.873. The number of aryl methyl sites for hydroxylation is 1. The average Bonchev–Trinajstić information content (AvgIpc) is 2.63. The summed E-state index contributed by atoms with van der Waals surface area (Å²) in [6, 6.07) is 1.73. The van der Waals surface area contributed by atoms with Gasteiger partial charge in [0, 0.05) is 10.0 Å². The third-order valence-electron chi connectivity index (χ3n) is 2.51. The Kier molecular flexibility index (Phi) is 2.71. The highest BCUT2D eigenvalue weighted by Gasteiger charge is 2.18. The van der Waals surface area contributed by atoms with Crippen LogP contribution in [0.15, 0.2) is 21.3 Å². The van der Waals surface area contributed by atoms with Crippen LogP contribution >= 0.6 is 15.9 Å². The van der Waals surface area contributed by atoms with Crippen LogP contribution < -0.4 is 5.73 Å². The van der Waals surface area contributed by atoms with E-state index in [0.29, 0.717) is 16.7 Å². The SMILES string of the molecule is Cc1cc(Br)c(C)c(-c2cnoc2N)c1F. The predicted molar refractivity (Wildman–Crippen MR) is 63.5 cm³/mol. The molecule has 1 heterocycles. The molecular formula is C11H10BrFN2O. The second-order valence-corrected chi connectivity index (χ2v) is 4.45. The zero-order chi connectivity index (χ0) is 11.9. The number of nitrogens with zero attached hydrogens (tertiary/aromatic N) is 1. The van der Waals surface area contributed by atoms with Crippen molar-refractivity contribution in [2.75, 3.05) is 5.73 Å². The van der Waals surface area contributed by atoms with Gasteiger partial charge in [-0.1, -0.05) is 21.1 Å². The van der Waals surface area contributed by atoms with E-state index in [4.69, 9.17) is 10.3 Å². The molecule has 3 nitrogen and oxygen atoms in total. The second kappa shape index (κ2) is 3.90. The molecule has 0 radical (unpaired) electrons. The van der Waals surface area contributed by atoms with Gasteiger partial charge in [-0.2, -0.15) is 0 Å². The summed E-state index contributed by atoms with van der Waals surface area (Å²) in [6.45, 7) is 3.51. The van der Waals surface area contributed by atoms with Crippen LogP contribution in [-0.2, 0) is 0 Å². The first-order valence-corrected chi connectivity index (χ1v) is 5.47. The molecule has 0 bridgehead atoms. The fourth-order valence-corrected chi connectivity index (χ4v) is 2.14. The standard InChI is InChI=1S/C11H10BrFN2O/c1-5-3-8(12)6(2)9(10(5)13)7-4-15-16-11(7)14/h3-4H,14H2,1-2H3. The highest BCUT2D eigenvalue weighted by molar-refractivity contribution is 9.10. The lowest BCUT2D eigenvalue weighted by molar-refractivity contribution is 0.436. The summed E-state index contributed by atoms with van der Waals surface area (Å²) < 4.78 is 19.6. The van der Waals surface area contributed by atoms with Gasteiger partial charge in [-0.25, -0.2) is 4.39 Å². The number of hydrogen-bond acceptors (Lipinski definition) is 3. The molecular weight excluding hydrogens is 275 g/mol. The summed E-state index contributed by atoms with van der Waals surface area (Å²) >= 11 is 3.38. The second-order valence-electron chi connectivity index (χ2n) is 3.59. The van der Waals surface area contributed by atoms with Crippen LogP contribution in [0.1, 0.15) is 11.1 Å². The van der Waals surface area contributed by atoms with Crippen molar-refractivity contribution in [2.24, 2.45) is 0 Å². The van der Waals surface area contributed by atoms with Gasteiger partial charge < -0.3 is 10.3 Å². The summed E-state index contributed by atoms with van der Waals surface area (Å²) in [7, 11) is 0. The molecule has 84 valence electrons. The third-order valence-corrected chi connectivity index (χ3v) is 3.33. The highest BCUT2D eigenvalue weighted by Crippen LogP contribution is 2.36. The zero-order valence-corrected chi connectivity index (χ0v) is 10.4. The van der Waals surface area contributed by atoms with Crippen molar-refractivity contribution in [3.05, 3.63) is 33.7 Å². The maximum atomic E-state index is 14.0. The number of hydrogen-bond donors (Lipinski definition) is 1. The molecule has 2 N–H and O–H groups in total. The summed E-state index contributed by atoms with van der Waals surface area (Å²) in [5.74, 6) is -0.171. The molecule has 1 aromatic heterocycles. The van der Waals surface area contributed by atoms with E-state index in [1.54, 1.807) is 13.0 Å². The minimum atomic E-state index is -0.296. The Balaban J connectivity index is 2.79. The van der Waals surface area contributed by atoms with Crippen LogP contribution in [-0.4, -0.2) is 5.16 Å². The number of rotatable bonds is 1. The lowest BCUT2D eigenvalue weighted by Crippen LogP contribution is -1.95. The first-order chi connectivity index (χ1) is 7.52. The summed E-state index contributed by atoms with van der Waals surface area (Å²) in [5, 5.41) is 3.56. The topological polar surface area (TPSA) is 52.0 Å². The van der Waals surface area contributed by atoms with Crippen molar-refractivity contribution in [1.29, 1.82) is 0 Å². The Morgan fingerprint density at radius 3 is 2.69 bits per heavy atom. The van der Waals surface area contributed by atoms with Gasteiger partial charge in [0.05, 0.1) is 11.8 Å². The fraction of sp³-hybridized carbons (Fsp3) is 0.182. The van der Waals surface area contributed by atoms with E-state index in [1.165, 1.54) is 6.20 Å². The van der Waals surface area contributed by atoms with Crippen LogP contribution in [0.2, 0.25) is 0 Å². The van der Waals surface area contributed by atoms with E-state index in [1.807, 2.05) is 6.92 Å². The monoisotopic (exact) mass is 284 g/mol. The minimum Gasteiger partial charge on any atom is -0.367 e. The smallest absolute Gasteiger partial charge is 0.230 e. The number of anilines is 1. The average molecular weight is 285 g/mol. The fourth-order valence-electron chi connectivity index (χ4n) is 1.60. The van der Waals surface area contributed by atoms with E-state index in [0.717, 1.165) is 10.0 Å². The molecule has 2 rings (SSSR count). The van der Waals surface area contributed by atoms with Crippen molar-refractivity contribution in [3.63, 3.8) is 0 Å². The van der Waals surface area contributed by atoms with Crippen molar-refractivity contribution < 1.29 is 8.91 Å². The molecule has 5 heteroatoms. The number of nitrogens with two attached hydrogens (primary N) is 1. The van der Waals surface area contributed by atoms with Crippen LogP contribution in [0, 0.1) is 19.7 Å². The molecule has 0 saturated carbocycles. The number of aromatic nitrogens is 1. The van der Waals surface area contributed by atoms with Gasteiger partial charge in [0.1, 0.15) is 5.82 Å². The van der Waals surface area contributed by atoms with E-state index in [2.05, 4.69) is 21.1 Å². The normalized spacial score (nSPS) is 10.8. The van der Waals surface area contributed by atoms with Gasteiger partial charge in [-0.05, 0) is 31.0 Å². The maximum absolute atomic E-state index is 14.0. The first kappa shape index (κ1) is 11.1. The molecule has 0 unspecified atom stereocenters. The van der Waals surface area contributed by atoms with Gasteiger partial charge in [-0.15, -0.1) is 0 Å². The molecule has 0 atom stereocenters. The van der Waals surface area contributed by atoms with Gasteiger partial charge in [0.15, 0.2) is 0 Å². The van der Waals surface area contributed by atoms with Crippen LogP contribution in [0.5, 0.6) is 0 Å². The van der Waals surface area contributed by atoms with E-state index in [-0.39, 0.29) is 11.7 Å². The largest absolute Gasteiger partial charge is 0.367 e. The summed E-state index contributed by atoms with van der Waals surface area (Å²) in [6.07, 6.45) is 1.42. The van der Waals surface area contributed by atoms with Gasteiger partial charge >= 0.3 is 0 Å². The Bertz CT molecular complexity index is 525. The number of halogens is 2. The Labute approximate surface area is 101 Å². The lowest BCUT2D eigenvalue weighted by atomic mass is 9.99. The maximum Gasteiger partial charge on any atom is 0.230 e. The number of nitrogen functional groups attached to an aromatic ring is 1. The van der Waals surface area contributed by atoms with Gasteiger partial charge in [-0.3, -0.25) is 0 Å². The molecule has 0 fully saturated rings. The minimum absolute atomic E-state index is 0.125. The molecule has 0 aliphatic rings. The number of benzene rings is 1. The molecule has 0 aliphatic heterocycles. The molecule has 2 aromatic rings. The van der Waals surface area contributed by atoms with E-state index < -0.39 is 0 Å². The van der Waals surface area contributed by atoms with Crippen molar-refractivity contribution in [2.45, 2.75) is 13.8 Å². The van der Waals surface area contributed by atoms with E-state index in [9.17, 15) is 4.39 Å². The van der Waals surface area contributed by atoms with E-state index >= 15 is 0 Å². The zero-order valence-electron chi connectivity index (χ0n) is 8.84. The van der Waals surface area contributed by atoms with Crippen molar-refractivity contribution in [1.82, 2.24) is 5.16 Å². The molecule has 1 aromatic carbocycles. The Hall–Kier alpha value is -1.36. The predicted octanol–water partition coefficient (Wildman–Crippen LogP) is 3.44. The van der Waals surface area contributed by atoms with Crippen molar-refractivity contribution in [3.8, 4) is 11.1 Å². The molecule has 0 amide bonds. The summed E-state index contributed by atoms with van der Waals surface area (Å²) in [5.41, 5.74) is 7.85. The molecule has 0 aliphatic carbocycles. The van der Waals surface area contributed by atoms with Crippen LogP contribution in [0.4, 0.5) is 10.3 Å². The Morgan fingerprint density at radius 2 is 2.12 bits per heavy atom. The van der Waals surface area contributed by atoms with Gasteiger partial charge in [0.25, 0.3) is 0 Å². The molecule has 0 saturated heterocycles. The van der Waals surface area contributed by atoms with Gasteiger partial charge in [0.2, 0.25) is 5.88 Å². The Morgan fingerprint density at radius 1 is 1.44 bits per heavy atom. The summed E-state index contributed by atoms with van der Waals surface area (Å²) in [4.78, 5) is 0. The third kappa shape index (κ3) is 1.61.